The fourth-order valence-electron chi connectivity index (χ4n) is 7.73. The van der Waals surface area contributed by atoms with Crippen molar-refractivity contribution in [2.45, 2.75) is 0 Å². The molecule has 0 aliphatic rings. The molecule has 258 valence electrons. The van der Waals surface area contributed by atoms with Gasteiger partial charge in [-0.3, -0.25) is 0 Å². The summed E-state index contributed by atoms with van der Waals surface area (Å²) in [5, 5.41) is 8.42. The number of benzene rings is 8. The number of aromatic nitrogens is 2. The Balaban J connectivity index is 1.12. The van der Waals surface area contributed by atoms with E-state index in [1.54, 1.807) is 17.4 Å². The van der Waals surface area contributed by atoms with E-state index in [1.165, 1.54) is 42.4 Å². The summed E-state index contributed by atoms with van der Waals surface area (Å²) in [7, 11) is 0. The van der Waals surface area contributed by atoms with Crippen LogP contribution in [0.2, 0.25) is 0 Å². The molecule has 10 aromatic rings. The molecule has 0 bridgehead atoms. The first kappa shape index (κ1) is 32.6. The molecule has 0 fully saturated rings. The molecule has 0 aliphatic carbocycles. The third-order valence-electron chi connectivity index (χ3n) is 10.5. The van der Waals surface area contributed by atoms with Crippen LogP contribution in [0, 0.1) is 0 Å². The topological polar surface area (TPSA) is 38.1 Å². The second kappa shape index (κ2) is 13.4. The molecule has 0 saturated heterocycles. The molecule has 2 aromatic heterocycles. The smallest absolute Gasteiger partial charge is 0.160 e. The Kier molecular flexibility index (Phi) is 7.97. The van der Waals surface area contributed by atoms with Crippen molar-refractivity contribution in [2.75, 3.05) is 0 Å². The zero-order valence-corrected chi connectivity index (χ0v) is 30.7. The van der Waals surface area contributed by atoms with Gasteiger partial charge in [0.25, 0.3) is 0 Å². The highest BCUT2D eigenvalue weighted by Crippen LogP contribution is 2.44. The number of allylic oxidation sites excluding steroid dienone is 1. The molecule has 8 aromatic carbocycles. The summed E-state index contributed by atoms with van der Waals surface area (Å²) in [6.45, 7) is 8.58. The number of thiophene rings is 1. The van der Waals surface area contributed by atoms with Crippen LogP contribution in [0.25, 0.3) is 80.8 Å². The summed E-state index contributed by atoms with van der Waals surface area (Å²) in [6, 6.07) is 59.3. The zero-order chi connectivity index (χ0) is 36.9. The van der Waals surface area contributed by atoms with Gasteiger partial charge in [-0.05, 0) is 61.7 Å². The standard InChI is InChI=1S/C51H33N3S/c1-3-44(36-16-5-4-6-17-36)52-45-23-12-11-18-38(45)32(2)33-24-26-37(27-25-33)51-53-48(43-22-13-21-41-39-19-9-7-14-34(39)28-30-42(41)43)50-49(54-51)47-40-20-10-8-15-35(40)29-31-46(47)55-50/h3-31H,1-2H2. The number of aliphatic imine (C=N–C) groups is 1. The number of para-hydroxylation sites is 1. The van der Waals surface area contributed by atoms with E-state index in [0.29, 0.717) is 5.82 Å². The van der Waals surface area contributed by atoms with Gasteiger partial charge < -0.3 is 0 Å². The van der Waals surface area contributed by atoms with Gasteiger partial charge in [-0.25, -0.2) is 15.0 Å². The molecule has 0 radical (unpaired) electrons. The van der Waals surface area contributed by atoms with E-state index in [2.05, 4.69) is 134 Å². The van der Waals surface area contributed by atoms with E-state index in [-0.39, 0.29) is 0 Å². The average molecular weight is 720 g/mol. The molecule has 0 N–H and O–H groups in total. The van der Waals surface area contributed by atoms with Gasteiger partial charge in [0.2, 0.25) is 0 Å². The molecule has 0 spiro atoms. The lowest BCUT2D eigenvalue weighted by Gasteiger charge is -2.13. The molecule has 0 unspecified atom stereocenters. The number of hydrogen-bond donors (Lipinski definition) is 0. The van der Waals surface area contributed by atoms with E-state index in [1.807, 2.05) is 48.5 Å². The highest BCUT2D eigenvalue weighted by atomic mass is 32.1. The van der Waals surface area contributed by atoms with Gasteiger partial charge in [0.1, 0.15) is 0 Å². The fraction of sp³-hybridized carbons (Fsp3) is 0. The summed E-state index contributed by atoms with van der Waals surface area (Å²) in [4.78, 5) is 15.8. The van der Waals surface area contributed by atoms with E-state index in [9.17, 15) is 0 Å². The van der Waals surface area contributed by atoms with E-state index >= 15 is 0 Å². The Morgan fingerprint density at radius 1 is 0.564 bits per heavy atom. The minimum Gasteiger partial charge on any atom is -0.248 e. The number of nitrogens with zero attached hydrogens (tertiary/aromatic N) is 3. The number of rotatable bonds is 7. The molecule has 0 atom stereocenters. The Labute approximate surface area is 322 Å². The molecule has 55 heavy (non-hydrogen) atoms. The second-order valence-electron chi connectivity index (χ2n) is 13.7. The van der Waals surface area contributed by atoms with Crippen molar-refractivity contribution in [1.29, 1.82) is 0 Å². The number of fused-ring (bicyclic) bond motifs is 8. The quantitative estimate of drug-likeness (QED) is 0.121. The first-order valence-corrected chi connectivity index (χ1v) is 19.1. The molecule has 4 heteroatoms. The van der Waals surface area contributed by atoms with Crippen molar-refractivity contribution >= 4 is 80.9 Å². The van der Waals surface area contributed by atoms with Crippen LogP contribution >= 0.6 is 11.3 Å². The highest BCUT2D eigenvalue weighted by Gasteiger charge is 2.20. The number of hydrogen-bond acceptors (Lipinski definition) is 4. The van der Waals surface area contributed by atoms with Gasteiger partial charge in [0.05, 0.1) is 27.3 Å². The van der Waals surface area contributed by atoms with Gasteiger partial charge >= 0.3 is 0 Å². The van der Waals surface area contributed by atoms with E-state index in [0.717, 1.165) is 60.7 Å². The van der Waals surface area contributed by atoms with E-state index < -0.39 is 0 Å². The fourth-order valence-corrected chi connectivity index (χ4v) is 8.90. The first-order chi connectivity index (χ1) is 27.1. The predicted octanol–water partition coefficient (Wildman–Crippen LogP) is 14.0. The molecular weight excluding hydrogens is 687 g/mol. The van der Waals surface area contributed by atoms with Crippen molar-refractivity contribution in [2.24, 2.45) is 4.99 Å². The molecule has 10 rings (SSSR count). The first-order valence-electron chi connectivity index (χ1n) is 18.3. The zero-order valence-electron chi connectivity index (χ0n) is 29.9. The summed E-state index contributed by atoms with van der Waals surface area (Å²) in [6.07, 6.45) is 1.80. The Hall–Kier alpha value is -7.01. The van der Waals surface area contributed by atoms with Crippen LogP contribution in [0.1, 0.15) is 16.7 Å². The summed E-state index contributed by atoms with van der Waals surface area (Å²) in [5.74, 6) is 0.688. The van der Waals surface area contributed by atoms with E-state index in [4.69, 9.17) is 15.0 Å². The van der Waals surface area contributed by atoms with Gasteiger partial charge in [-0.2, -0.15) is 0 Å². The van der Waals surface area contributed by atoms with Crippen molar-refractivity contribution in [3.8, 4) is 22.6 Å². The summed E-state index contributed by atoms with van der Waals surface area (Å²) < 4.78 is 2.29. The molecule has 3 nitrogen and oxygen atoms in total. The normalized spacial score (nSPS) is 11.9. The van der Waals surface area contributed by atoms with Crippen molar-refractivity contribution < 1.29 is 0 Å². The monoisotopic (exact) mass is 719 g/mol. The minimum absolute atomic E-state index is 0.688. The molecule has 2 heterocycles. The molecule has 0 saturated carbocycles. The highest BCUT2D eigenvalue weighted by molar-refractivity contribution is 7.26. The van der Waals surface area contributed by atoms with Crippen LogP contribution in [0.4, 0.5) is 5.69 Å². The van der Waals surface area contributed by atoms with Gasteiger partial charge in [-0.1, -0.05) is 171 Å². The third kappa shape index (κ3) is 5.63. The van der Waals surface area contributed by atoms with Gasteiger partial charge in [0.15, 0.2) is 5.82 Å². The molecule has 0 aliphatic heterocycles. The largest absolute Gasteiger partial charge is 0.248 e. The minimum atomic E-state index is 0.688. The second-order valence-corrected chi connectivity index (χ2v) is 14.7. The maximum absolute atomic E-state index is 5.41. The Bertz CT molecular complexity index is 3170. The Morgan fingerprint density at radius 2 is 1.25 bits per heavy atom. The Morgan fingerprint density at radius 3 is 2.07 bits per heavy atom. The van der Waals surface area contributed by atoms with Crippen LogP contribution in [0.3, 0.4) is 0 Å². The SMILES string of the molecule is C=CC(=Nc1ccccc1C(=C)c1ccc(-c2nc(-c3cccc4c3ccc3ccccc34)c3sc4ccc5ccccc5c4c3n2)cc1)c1ccccc1. The van der Waals surface area contributed by atoms with Crippen LogP contribution in [0.15, 0.2) is 194 Å². The molecular formula is C51H33N3S. The van der Waals surface area contributed by atoms with Gasteiger partial charge in [0, 0.05) is 32.3 Å². The van der Waals surface area contributed by atoms with Crippen LogP contribution in [-0.2, 0) is 0 Å². The van der Waals surface area contributed by atoms with Crippen LogP contribution in [-0.4, -0.2) is 15.7 Å². The maximum Gasteiger partial charge on any atom is 0.160 e. The average Bonchev–Trinajstić information content (AvgIpc) is 3.64. The lowest BCUT2D eigenvalue weighted by molar-refractivity contribution is 1.24. The van der Waals surface area contributed by atoms with Crippen LogP contribution in [0.5, 0.6) is 0 Å². The van der Waals surface area contributed by atoms with Crippen molar-refractivity contribution in [3.05, 3.63) is 206 Å². The summed E-state index contributed by atoms with van der Waals surface area (Å²) >= 11 is 1.77. The maximum atomic E-state index is 5.41. The third-order valence-corrected chi connectivity index (χ3v) is 11.6. The summed E-state index contributed by atoms with van der Waals surface area (Å²) in [5.41, 5.74) is 9.49. The van der Waals surface area contributed by atoms with Crippen molar-refractivity contribution in [1.82, 2.24) is 9.97 Å². The van der Waals surface area contributed by atoms with Crippen LogP contribution < -0.4 is 0 Å². The lowest BCUT2D eigenvalue weighted by atomic mass is 9.96. The molecule has 0 amide bonds. The predicted molar refractivity (Wildman–Crippen MR) is 236 cm³/mol. The van der Waals surface area contributed by atoms with Gasteiger partial charge in [-0.15, -0.1) is 11.3 Å². The lowest BCUT2D eigenvalue weighted by Crippen LogP contribution is -1.96. The van der Waals surface area contributed by atoms with Crippen molar-refractivity contribution in [3.63, 3.8) is 0 Å².